The summed E-state index contributed by atoms with van der Waals surface area (Å²) in [6, 6.07) is 15.2. The lowest BCUT2D eigenvalue weighted by Crippen LogP contribution is -2.14. The van der Waals surface area contributed by atoms with Crippen molar-refractivity contribution in [2.24, 2.45) is 0 Å². The molecule has 0 amide bonds. The molecule has 24 heavy (non-hydrogen) atoms. The number of hydrogen-bond donors (Lipinski definition) is 1. The standard InChI is InChI=1S/C21H27N3/c1-16-14-19-20(15-17(16)2)24(21(23-19)11-12-22-3)13-7-10-18-8-5-4-6-9-18/h4-6,8-9,14-15,22H,7,10-13H2,1-3H3. The van der Waals surface area contributed by atoms with Crippen molar-refractivity contribution in [1.82, 2.24) is 14.9 Å². The minimum absolute atomic E-state index is 0.958. The summed E-state index contributed by atoms with van der Waals surface area (Å²) in [7, 11) is 2.00. The van der Waals surface area contributed by atoms with Crippen molar-refractivity contribution >= 4 is 11.0 Å². The van der Waals surface area contributed by atoms with Crippen LogP contribution < -0.4 is 5.32 Å². The smallest absolute Gasteiger partial charge is 0.111 e. The lowest BCUT2D eigenvalue weighted by molar-refractivity contribution is 0.614. The second-order valence-corrected chi connectivity index (χ2v) is 6.55. The van der Waals surface area contributed by atoms with E-state index in [9.17, 15) is 0 Å². The van der Waals surface area contributed by atoms with Gasteiger partial charge in [-0.2, -0.15) is 0 Å². The molecule has 0 aliphatic heterocycles. The van der Waals surface area contributed by atoms with Gasteiger partial charge in [0, 0.05) is 19.5 Å². The Morgan fingerprint density at radius 3 is 2.50 bits per heavy atom. The number of benzene rings is 2. The van der Waals surface area contributed by atoms with Gasteiger partial charge in [0.2, 0.25) is 0 Å². The fourth-order valence-electron chi connectivity index (χ4n) is 3.19. The Balaban J connectivity index is 1.84. The number of likely N-dealkylation sites (N-methyl/N-ethyl adjacent to an activating group) is 1. The highest BCUT2D eigenvalue weighted by Gasteiger charge is 2.11. The topological polar surface area (TPSA) is 29.9 Å². The second kappa shape index (κ2) is 7.63. The van der Waals surface area contributed by atoms with Gasteiger partial charge in [0.25, 0.3) is 0 Å². The molecular weight excluding hydrogens is 294 g/mol. The molecule has 3 heteroatoms. The summed E-state index contributed by atoms with van der Waals surface area (Å²) < 4.78 is 2.42. The van der Waals surface area contributed by atoms with Crippen LogP contribution in [0.3, 0.4) is 0 Å². The number of hydrogen-bond acceptors (Lipinski definition) is 2. The Hall–Kier alpha value is -2.13. The molecule has 0 atom stereocenters. The molecule has 0 fully saturated rings. The van der Waals surface area contributed by atoms with Crippen molar-refractivity contribution in [3.8, 4) is 0 Å². The minimum Gasteiger partial charge on any atom is -0.328 e. The SMILES string of the molecule is CNCCc1nc2cc(C)c(C)cc2n1CCCc1ccccc1. The van der Waals surface area contributed by atoms with Crippen LogP contribution in [0.4, 0.5) is 0 Å². The van der Waals surface area contributed by atoms with Crippen LogP contribution in [-0.4, -0.2) is 23.1 Å². The van der Waals surface area contributed by atoms with Gasteiger partial charge in [-0.1, -0.05) is 30.3 Å². The first kappa shape index (κ1) is 16.7. The van der Waals surface area contributed by atoms with Crippen molar-refractivity contribution in [1.29, 1.82) is 0 Å². The molecule has 3 nitrogen and oxygen atoms in total. The van der Waals surface area contributed by atoms with E-state index >= 15 is 0 Å². The molecule has 0 spiro atoms. The van der Waals surface area contributed by atoms with Crippen LogP contribution in [0.25, 0.3) is 11.0 Å². The predicted octanol–water partition coefficient (Wildman–Crippen LogP) is 4.05. The third-order valence-corrected chi connectivity index (χ3v) is 4.73. The monoisotopic (exact) mass is 321 g/mol. The number of rotatable bonds is 7. The summed E-state index contributed by atoms with van der Waals surface area (Å²) in [5, 5.41) is 3.24. The molecule has 0 aliphatic rings. The summed E-state index contributed by atoms with van der Waals surface area (Å²) in [5.74, 6) is 1.19. The number of imidazole rings is 1. The molecule has 126 valence electrons. The van der Waals surface area contributed by atoms with Gasteiger partial charge in [0.15, 0.2) is 0 Å². The first-order valence-electron chi connectivity index (χ1n) is 8.84. The van der Waals surface area contributed by atoms with Crippen molar-refractivity contribution < 1.29 is 0 Å². The molecule has 2 aromatic carbocycles. The zero-order chi connectivity index (χ0) is 16.9. The van der Waals surface area contributed by atoms with E-state index in [4.69, 9.17) is 4.98 Å². The van der Waals surface area contributed by atoms with Crippen molar-refractivity contribution in [3.05, 3.63) is 65.0 Å². The normalized spacial score (nSPS) is 11.3. The number of fused-ring (bicyclic) bond motifs is 1. The zero-order valence-corrected chi connectivity index (χ0v) is 15.0. The molecule has 0 aliphatic carbocycles. The fourth-order valence-corrected chi connectivity index (χ4v) is 3.19. The minimum atomic E-state index is 0.958. The number of nitrogens with one attached hydrogen (secondary N) is 1. The van der Waals surface area contributed by atoms with Gasteiger partial charge in [-0.15, -0.1) is 0 Å². The van der Waals surface area contributed by atoms with Gasteiger partial charge in [0.1, 0.15) is 5.82 Å². The summed E-state index contributed by atoms with van der Waals surface area (Å²) in [6.07, 6.45) is 3.21. The largest absolute Gasteiger partial charge is 0.328 e. The van der Waals surface area contributed by atoms with E-state index < -0.39 is 0 Å². The van der Waals surface area contributed by atoms with E-state index in [0.29, 0.717) is 0 Å². The average Bonchev–Trinajstić information content (AvgIpc) is 2.91. The zero-order valence-electron chi connectivity index (χ0n) is 15.0. The lowest BCUT2D eigenvalue weighted by atomic mass is 10.1. The maximum Gasteiger partial charge on any atom is 0.111 e. The van der Waals surface area contributed by atoms with E-state index in [-0.39, 0.29) is 0 Å². The van der Waals surface area contributed by atoms with E-state index in [1.165, 1.54) is 28.0 Å². The fraction of sp³-hybridized carbons (Fsp3) is 0.381. The number of aromatic nitrogens is 2. The molecule has 3 aromatic rings. The second-order valence-electron chi connectivity index (χ2n) is 6.55. The van der Waals surface area contributed by atoms with Gasteiger partial charge in [-0.05, 0) is 62.6 Å². The molecule has 0 bridgehead atoms. The molecule has 1 N–H and O–H groups in total. The van der Waals surface area contributed by atoms with Crippen LogP contribution in [0.2, 0.25) is 0 Å². The molecule has 0 saturated heterocycles. The van der Waals surface area contributed by atoms with Crippen LogP contribution in [0, 0.1) is 13.8 Å². The number of aryl methyl sites for hydroxylation is 4. The molecule has 0 radical (unpaired) electrons. The third-order valence-electron chi connectivity index (χ3n) is 4.73. The summed E-state index contributed by atoms with van der Waals surface area (Å²) in [5.41, 5.74) is 6.47. The van der Waals surface area contributed by atoms with Gasteiger partial charge in [-0.25, -0.2) is 4.98 Å². The van der Waals surface area contributed by atoms with Crippen LogP contribution in [0.15, 0.2) is 42.5 Å². The average molecular weight is 321 g/mol. The predicted molar refractivity (Wildman–Crippen MR) is 102 cm³/mol. The third kappa shape index (κ3) is 3.68. The molecule has 1 aromatic heterocycles. The molecule has 3 rings (SSSR count). The van der Waals surface area contributed by atoms with E-state index in [1.54, 1.807) is 0 Å². The maximum absolute atomic E-state index is 4.90. The van der Waals surface area contributed by atoms with Crippen LogP contribution >= 0.6 is 0 Å². The maximum atomic E-state index is 4.90. The number of nitrogens with zero attached hydrogens (tertiary/aromatic N) is 2. The van der Waals surface area contributed by atoms with E-state index in [0.717, 1.165) is 37.9 Å². The molecular formula is C21H27N3. The highest BCUT2D eigenvalue weighted by molar-refractivity contribution is 5.78. The Morgan fingerprint density at radius 1 is 1.00 bits per heavy atom. The Kier molecular flexibility index (Phi) is 5.31. The molecule has 0 saturated carbocycles. The van der Waals surface area contributed by atoms with Crippen molar-refractivity contribution in [2.75, 3.05) is 13.6 Å². The lowest BCUT2D eigenvalue weighted by Gasteiger charge is -2.10. The first-order valence-corrected chi connectivity index (χ1v) is 8.84. The van der Waals surface area contributed by atoms with Crippen LogP contribution in [0.5, 0.6) is 0 Å². The summed E-state index contributed by atoms with van der Waals surface area (Å²) in [6.45, 7) is 6.33. The van der Waals surface area contributed by atoms with Crippen LogP contribution in [-0.2, 0) is 19.4 Å². The quantitative estimate of drug-likeness (QED) is 0.711. The Bertz CT molecular complexity index is 803. The molecule has 0 unspecified atom stereocenters. The van der Waals surface area contributed by atoms with Crippen LogP contribution in [0.1, 0.15) is 28.9 Å². The molecule has 1 heterocycles. The van der Waals surface area contributed by atoms with Crippen molar-refractivity contribution in [3.63, 3.8) is 0 Å². The van der Waals surface area contributed by atoms with E-state index in [2.05, 4.69) is 66.2 Å². The highest BCUT2D eigenvalue weighted by atomic mass is 15.1. The highest BCUT2D eigenvalue weighted by Crippen LogP contribution is 2.22. The van der Waals surface area contributed by atoms with Gasteiger partial charge in [-0.3, -0.25) is 0 Å². The van der Waals surface area contributed by atoms with E-state index in [1.807, 2.05) is 7.05 Å². The summed E-state index contributed by atoms with van der Waals surface area (Å²) in [4.78, 5) is 4.90. The Morgan fingerprint density at radius 2 is 1.75 bits per heavy atom. The van der Waals surface area contributed by atoms with Gasteiger partial charge >= 0.3 is 0 Å². The van der Waals surface area contributed by atoms with Gasteiger partial charge in [0.05, 0.1) is 11.0 Å². The van der Waals surface area contributed by atoms with Gasteiger partial charge < -0.3 is 9.88 Å². The first-order chi connectivity index (χ1) is 11.7. The van der Waals surface area contributed by atoms with Crippen molar-refractivity contribution in [2.45, 2.75) is 39.7 Å². The summed E-state index contributed by atoms with van der Waals surface area (Å²) >= 11 is 0. The Labute approximate surface area is 144 Å².